The topological polar surface area (TPSA) is 35.2 Å². The van der Waals surface area contributed by atoms with Gasteiger partial charge in [-0.2, -0.15) is 0 Å². The van der Waals surface area contributed by atoms with Gasteiger partial charge in [-0.1, -0.05) is 23.7 Å². The normalized spacial score (nSPS) is 10.5. The Balaban J connectivity index is 2.14. The maximum atomic E-state index is 13.3. The monoisotopic (exact) mass is 279 g/mol. The van der Waals surface area contributed by atoms with E-state index < -0.39 is 0 Å². The van der Waals surface area contributed by atoms with E-state index in [2.05, 4.69) is 0 Å². The lowest BCUT2D eigenvalue weighted by Crippen LogP contribution is -2.01. The van der Waals surface area contributed by atoms with E-state index in [9.17, 15) is 4.39 Å². The predicted octanol–water partition coefficient (Wildman–Crippen LogP) is 3.83. The second kappa shape index (κ2) is 6.04. The van der Waals surface area contributed by atoms with Gasteiger partial charge in [-0.3, -0.25) is 0 Å². The second-order valence-electron chi connectivity index (χ2n) is 4.39. The SMILES string of the molecule is Cc1ccc(Cl)c(OCc2cc(F)cc(CN)c2)c1. The van der Waals surface area contributed by atoms with Crippen LogP contribution in [0.2, 0.25) is 5.02 Å². The molecule has 0 fully saturated rings. The van der Waals surface area contributed by atoms with Crippen molar-refractivity contribution in [1.82, 2.24) is 0 Å². The zero-order chi connectivity index (χ0) is 13.8. The first-order chi connectivity index (χ1) is 9.08. The highest BCUT2D eigenvalue weighted by Crippen LogP contribution is 2.26. The first-order valence-electron chi connectivity index (χ1n) is 5.96. The first kappa shape index (κ1) is 13.8. The molecule has 0 amide bonds. The van der Waals surface area contributed by atoms with Gasteiger partial charge < -0.3 is 10.5 Å². The van der Waals surface area contributed by atoms with Gasteiger partial charge in [0.15, 0.2) is 0 Å². The smallest absolute Gasteiger partial charge is 0.138 e. The van der Waals surface area contributed by atoms with Crippen LogP contribution in [0.15, 0.2) is 36.4 Å². The molecule has 2 rings (SSSR count). The highest BCUT2D eigenvalue weighted by Gasteiger charge is 2.04. The lowest BCUT2D eigenvalue weighted by atomic mass is 10.1. The van der Waals surface area contributed by atoms with Crippen LogP contribution in [-0.2, 0) is 13.2 Å². The van der Waals surface area contributed by atoms with E-state index in [4.69, 9.17) is 22.1 Å². The fourth-order valence-corrected chi connectivity index (χ4v) is 1.97. The van der Waals surface area contributed by atoms with Gasteiger partial charge in [0, 0.05) is 6.54 Å². The summed E-state index contributed by atoms with van der Waals surface area (Å²) in [5.74, 6) is 0.289. The minimum Gasteiger partial charge on any atom is -0.487 e. The van der Waals surface area contributed by atoms with E-state index in [1.54, 1.807) is 6.07 Å². The van der Waals surface area contributed by atoms with Crippen molar-refractivity contribution >= 4 is 11.6 Å². The summed E-state index contributed by atoms with van der Waals surface area (Å²) in [7, 11) is 0. The summed E-state index contributed by atoms with van der Waals surface area (Å²) >= 11 is 6.03. The van der Waals surface area contributed by atoms with Crippen LogP contribution >= 0.6 is 11.6 Å². The van der Waals surface area contributed by atoms with E-state index in [1.807, 2.05) is 25.1 Å². The molecule has 0 aliphatic rings. The predicted molar refractivity (Wildman–Crippen MR) is 74.8 cm³/mol. The largest absolute Gasteiger partial charge is 0.487 e. The maximum Gasteiger partial charge on any atom is 0.138 e. The third-order valence-corrected chi connectivity index (χ3v) is 3.05. The van der Waals surface area contributed by atoms with Crippen LogP contribution in [0.3, 0.4) is 0 Å². The third kappa shape index (κ3) is 3.69. The van der Waals surface area contributed by atoms with Crippen molar-refractivity contribution < 1.29 is 9.13 Å². The third-order valence-electron chi connectivity index (χ3n) is 2.73. The van der Waals surface area contributed by atoms with Gasteiger partial charge in [-0.05, 0) is 47.9 Å². The second-order valence-corrected chi connectivity index (χ2v) is 4.80. The van der Waals surface area contributed by atoms with E-state index >= 15 is 0 Å². The van der Waals surface area contributed by atoms with Gasteiger partial charge in [-0.15, -0.1) is 0 Å². The van der Waals surface area contributed by atoms with Crippen LogP contribution in [0, 0.1) is 12.7 Å². The molecule has 0 saturated heterocycles. The molecule has 0 bridgehead atoms. The lowest BCUT2D eigenvalue weighted by Gasteiger charge is -2.10. The molecule has 2 aromatic carbocycles. The van der Waals surface area contributed by atoms with Crippen molar-refractivity contribution in [3.63, 3.8) is 0 Å². The quantitative estimate of drug-likeness (QED) is 0.923. The Morgan fingerprint density at radius 1 is 1.16 bits per heavy atom. The van der Waals surface area contributed by atoms with Crippen molar-refractivity contribution in [3.05, 3.63) is 63.9 Å². The summed E-state index contributed by atoms with van der Waals surface area (Å²) in [5.41, 5.74) is 8.05. The first-order valence-corrected chi connectivity index (χ1v) is 6.33. The Bertz CT molecular complexity index is 586. The zero-order valence-electron chi connectivity index (χ0n) is 10.6. The van der Waals surface area contributed by atoms with Crippen molar-refractivity contribution in [2.45, 2.75) is 20.1 Å². The maximum absolute atomic E-state index is 13.3. The molecule has 2 nitrogen and oxygen atoms in total. The molecule has 100 valence electrons. The summed E-state index contributed by atoms with van der Waals surface area (Å²) in [6.07, 6.45) is 0. The Kier molecular flexibility index (Phi) is 4.40. The number of rotatable bonds is 4. The fourth-order valence-electron chi connectivity index (χ4n) is 1.80. The Hall–Kier alpha value is -1.58. The van der Waals surface area contributed by atoms with Gasteiger partial charge >= 0.3 is 0 Å². The average molecular weight is 280 g/mol. The minimum atomic E-state index is -0.308. The molecule has 2 aromatic rings. The molecular formula is C15H15ClFNO. The van der Waals surface area contributed by atoms with Crippen LogP contribution in [0.1, 0.15) is 16.7 Å². The van der Waals surface area contributed by atoms with E-state index in [0.29, 0.717) is 17.3 Å². The number of hydrogen-bond donors (Lipinski definition) is 1. The van der Waals surface area contributed by atoms with Crippen LogP contribution in [0.5, 0.6) is 5.75 Å². The molecule has 0 unspecified atom stereocenters. The summed E-state index contributed by atoms with van der Waals surface area (Å²) in [4.78, 5) is 0. The highest BCUT2D eigenvalue weighted by atomic mass is 35.5. The number of nitrogens with two attached hydrogens (primary N) is 1. The Morgan fingerprint density at radius 2 is 1.89 bits per heavy atom. The van der Waals surface area contributed by atoms with Crippen molar-refractivity contribution in [3.8, 4) is 5.75 Å². The molecule has 0 spiro atoms. The minimum absolute atomic E-state index is 0.258. The Morgan fingerprint density at radius 3 is 2.63 bits per heavy atom. The van der Waals surface area contributed by atoms with Gasteiger partial charge in [0.05, 0.1) is 5.02 Å². The number of ether oxygens (including phenoxy) is 1. The van der Waals surface area contributed by atoms with Crippen LogP contribution < -0.4 is 10.5 Å². The standard InChI is InChI=1S/C15H15ClFNO/c1-10-2-3-14(16)15(4-10)19-9-12-5-11(8-18)6-13(17)7-12/h2-7H,8-9,18H2,1H3. The fraction of sp³-hybridized carbons (Fsp3) is 0.200. The molecule has 0 heterocycles. The molecule has 0 aliphatic heterocycles. The van der Waals surface area contributed by atoms with Crippen molar-refractivity contribution in [2.24, 2.45) is 5.73 Å². The molecule has 0 atom stereocenters. The van der Waals surface area contributed by atoms with E-state index in [1.165, 1.54) is 12.1 Å². The number of benzene rings is 2. The molecule has 0 aliphatic carbocycles. The van der Waals surface area contributed by atoms with E-state index in [-0.39, 0.29) is 12.4 Å². The summed E-state index contributed by atoms with van der Waals surface area (Å²) < 4.78 is 19.0. The number of hydrogen-bond acceptors (Lipinski definition) is 2. The average Bonchev–Trinajstić information content (AvgIpc) is 2.39. The molecular weight excluding hydrogens is 265 g/mol. The lowest BCUT2D eigenvalue weighted by molar-refractivity contribution is 0.305. The van der Waals surface area contributed by atoms with E-state index in [0.717, 1.165) is 16.7 Å². The van der Waals surface area contributed by atoms with Crippen LogP contribution in [0.4, 0.5) is 4.39 Å². The van der Waals surface area contributed by atoms with Gasteiger partial charge in [0.2, 0.25) is 0 Å². The van der Waals surface area contributed by atoms with Crippen molar-refractivity contribution in [1.29, 1.82) is 0 Å². The van der Waals surface area contributed by atoms with Gasteiger partial charge in [0.1, 0.15) is 18.2 Å². The highest BCUT2D eigenvalue weighted by molar-refractivity contribution is 6.32. The van der Waals surface area contributed by atoms with Crippen LogP contribution in [0.25, 0.3) is 0 Å². The molecule has 0 aromatic heterocycles. The number of halogens is 2. The summed E-state index contributed by atoms with van der Waals surface area (Å²) in [6.45, 7) is 2.52. The van der Waals surface area contributed by atoms with Gasteiger partial charge in [0.25, 0.3) is 0 Å². The van der Waals surface area contributed by atoms with Crippen LogP contribution in [-0.4, -0.2) is 0 Å². The number of aryl methyl sites for hydroxylation is 1. The summed E-state index contributed by atoms with van der Waals surface area (Å²) in [6, 6.07) is 10.2. The molecule has 0 radical (unpaired) electrons. The molecule has 0 saturated carbocycles. The molecule has 4 heteroatoms. The summed E-state index contributed by atoms with van der Waals surface area (Å²) in [5, 5.41) is 0.543. The molecule has 2 N–H and O–H groups in total. The van der Waals surface area contributed by atoms with Gasteiger partial charge in [-0.25, -0.2) is 4.39 Å². The Labute approximate surface area is 117 Å². The molecule has 19 heavy (non-hydrogen) atoms. The zero-order valence-corrected chi connectivity index (χ0v) is 11.4. The van der Waals surface area contributed by atoms with Crippen molar-refractivity contribution in [2.75, 3.05) is 0 Å².